The summed E-state index contributed by atoms with van der Waals surface area (Å²) in [5.41, 5.74) is 0.937. The number of hydrogen-bond donors (Lipinski definition) is 0. The van der Waals surface area contributed by atoms with Crippen molar-refractivity contribution in [2.45, 2.75) is 18.2 Å². The lowest BCUT2D eigenvalue weighted by molar-refractivity contribution is -0.274. The Balaban J connectivity index is 2.90. The van der Waals surface area contributed by atoms with Gasteiger partial charge in [-0.2, -0.15) is 0 Å². The molecular weight excluding hydrogens is 213 g/mol. The van der Waals surface area contributed by atoms with Crippen LogP contribution >= 0.6 is 11.8 Å². The molecule has 1 rings (SSSR count). The van der Waals surface area contributed by atoms with E-state index in [1.54, 1.807) is 12.3 Å². The van der Waals surface area contributed by atoms with Gasteiger partial charge in [0.15, 0.2) is 0 Å². The molecule has 0 spiro atoms. The third-order valence-corrected chi connectivity index (χ3v) is 2.49. The molecule has 0 saturated heterocycles. The standard InChI is InChI=1S/C9H9F3OS/c1-6-3-4-7(5-8(6)14-2)13-9(10,11)12/h3-5H,1-2H3. The van der Waals surface area contributed by atoms with Crippen LogP contribution in [0.15, 0.2) is 23.1 Å². The summed E-state index contributed by atoms with van der Waals surface area (Å²) in [5, 5.41) is 0. The zero-order valence-electron chi connectivity index (χ0n) is 7.68. The van der Waals surface area contributed by atoms with Gasteiger partial charge in [0.1, 0.15) is 5.75 Å². The van der Waals surface area contributed by atoms with Gasteiger partial charge in [0, 0.05) is 4.90 Å². The molecule has 14 heavy (non-hydrogen) atoms. The van der Waals surface area contributed by atoms with Crippen molar-refractivity contribution in [1.82, 2.24) is 0 Å². The van der Waals surface area contributed by atoms with Crippen LogP contribution in [0.1, 0.15) is 5.56 Å². The Bertz CT molecular complexity index is 322. The Kier molecular flexibility index (Phi) is 3.31. The number of hydrogen-bond acceptors (Lipinski definition) is 2. The lowest BCUT2D eigenvalue weighted by Crippen LogP contribution is -2.17. The number of thioether (sulfide) groups is 1. The number of benzene rings is 1. The molecule has 1 aromatic rings. The third kappa shape index (κ3) is 3.14. The van der Waals surface area contributed by atoms with Crippen molar-refractivity contribution in [3.63, 3.8) is 0 Å². The van der Waals surface area contributed by atoms with E-state index in [2.05, 4.69) is 4.74 Å². The van der Waals surface area contributed by atoms with E-state index in [1.807, 2.05) is 6.92 Å². The summed E-state index contributed by atoms with van der Waals surface area (Å²) < 4.78 is 39.3. The summed E-state index contributed by atoms with van der Waals surface area (Å²) in [6.45, 7) is 1.84. The molecule has 0 fully saturated rings. The maximum absolute atomic E-state index is 11.8. The van der Waals surface area contributed by atoms with Crippen LogP contribution in [0.25, 0.3) is 0 Å². The number of aryl methyl sites for hydroxylation is 1. The first-order valence-corrected chi connectivity index (χ1v) is 5.05. The maximum atomic E-state index is 11.8. The molecule has 0 aromatic heterocycles. The van der Waals surface area contributed by atoms with Gasteiger partial charge in [-0.15, -0.1) is 24.9 Å². The minimum Gasteiger partial charge on any atom is -0.406 e. The van der Waals surface area contributed by atoms with E-state index < -0.39 is 6.36 Å². The van der Waals surface area contributed by atoms with Crippen molar-refractivity contribution >= 4 is 11.8 Å². The fourth-order valence-corrected chi connectivity index (χ4v) is 1.62. The number of halogens is 3. The predicted octanol–water partition coefficient (Wildman–Crippen LogP) is 3.62. The van der Waals surface area contributed by atoms with Crippen LogP contribution < -0.4 is 4.74 Å². The van der Waals surface area contributed by atoms with Crippen molar-refractivity contribution in [1.29, 1.82) is 0 Å². The smallest absolute Gasteiger partial charge is 0.406 e. The minimum atomic E-state index is -4.62. The largest absolute Gasteiger partial charge is 0.573 e. The normalized spacial score (nSPS) is 11.5. The van der Waals surface area contributed by atoms with E-state index in [-0.39, 0.29) is 5.75 Å². The van der Waals surface area contributed by atoms with Crippen LogP contribution in [0.3, 0.4) is 0 Å². The van der Waals surface area contributed by atoms with Crippen molar-refractivity contribution in [3.8, 4) is 5.75 Å². The van der Waals surface area contributed by atoms with Crippen LogP contribution in [-0.2, 0) is 0 Å². The topological polar surface area (TPSA) is 9.23 Å². The van der Waals surface area contributed by atoms with E-state index in [9.17, 15) is 13.2 Å². The third-order valence-electron chi connectivity index (χ3n) is 1.61. The zero-order valence-corrected chi connectivity index (χ0v) is 8.50. The fourth-order valence-electron chi connectivity index (χ4n) is 0.997. The van der Waals surface area contributed by atoms with E-state index >= 15 is 0 Å². The summed E-state index contributed by atoms with van der Waals surface area (Å²) in [6.07, 6.45) is -2.81. The highest BCUT2D eigenvalue weighted by Gasteiger charge is 2.31. The lowest BCUT2D eigenvalue weighted by atomic mass is 10.2. The number of ether oxygens (including phenoxy) is 1. The number of rotatable bonds is 2. The average molecular weight is 222 g/mol. The van der Waals surface area contributed by atoms with Crippen LogP contribution in [0.2, 0.25) is 0 Å². The van der Waals surface area contributed by atoms with Gasteiger partial charge in [0.25, 0.3) is 0 Å². The summed E-state index contributed by atoms with van der Waals surface area (Å²) in [4.78, 5) is 0.784. The first-order valence-electron chi connectivity index (χ1n) is 3.83. The molecule has 0 bridgehead atoms. The van der Waals surface area contributed by atoms with Crippen LogP contribution in [-0.4, -0.2) is 12.6 Å². The van der Waals surface area contributed by atoms with Gasteiger partial charge in [-0.3, -0.25) is 0 Å². The molecule has 0 unspecified atom stereocenters. The molecule has 0 N–H and O–H groups in total. The molecule has 0 amide bonds. The van der Waals surface area contributed by atoms with Crippen LogP contribution in [0, 0.1) is 6.92 Å². The van der Waals surface area contributed by atoms with Gasteiger partial charge in [-0.05, 0) is 30.9 Å². The molecule has 0 aliphatic rings. The summed E-state index contributed by atoms with van der Waals surface area (Å²) in [7, 11) is 0. The predicted molar refractivity (Wildman–Crippen MR) is 49.6 cm³/mol. The van der Waals surface area contributed by atoms with Crippen molar-refractivity contribution < 1.29 is 17.9 Å². The molecule has 0 radical (unpaired) electrons. The van der Waals surface area contributed by atoms with E-state index in [1.165, 1.54) is 23.9 Å². The molecule has 0 aliphatic carbocycles. The summed E-state index contributed by atoms with van der Waals surface area (Å²) >= 11 is 1.39. The monoisotopic (exact) mass is 222 g/mol. The Hall–Kier alpha value is -0.840. The molecule has 0 aliphatic heterocycles. The average Bonchev–Trinajstić information content (AvgIpc) is 2.06. The molecule has 5 heteroatoms. The molecule has 0 saturated carbocycles. The van der Waals surface area contributed by atoms with Crippen LogP contribution in [0.4, 0.5) is 13.2 Å². The van der Waals surface area contributed by atoms with E-state index in [4.69, 9.17) is 0 Å². The van der Waals surface area contributed by atoms with Gasteiger partial charge in [-0.25, -0.2) is 0 Å². The maximum Gasteiger partial charge on any atom is 0.573 e. The van der Waals surface area contributed by atoms with Crippen molar-refractivity contribution in [2.75, 3.05) is 6.26 Å². The van der Waals surface area contributed by atoms with Gasteiger partial charge in [0.05, 0.1) is 0 Å². The first-order chi connectivity index (χ1) is 6.42. The molecule has 1 nitrogen and oxygen atoms in total. The Labute approximate surface area is 84.3 Å². The number of alkyl halides is 3. The van der Waals surface area contributed by atoms with Crippen molar-refractivity contribution in [2.24, 2.45) is 0 Å². The second-order valence-electron chi connectivity index (χ2n) is 2.68. The minimum absolute atomic E-state index is 0.174. The fraction of sp³-hybridized carbons (Fsp3) is 0.333. The Morgan fingerprint density at radius 1 is 1.29 bits per heavy atom. The highest BCUT2D eigenvalue weighted by atomic mass is 32.2. The highest BCUT2D eigenvalue weighted by Crippen LogP contribution is 2.28. The zero-order chi connectivity index (χ0) is 10.8. The molecule has 0 atom stereocenters. The van der Waals surface area contributed by atoms with Gasteiger partial charge < -0.3 is 4.74 Å². The van der Waals surface area contributed by atoms with Crippen LogP contribution in [0.5, 0.6) is 5.75 Å². The highest BCUT2D eigenvalue weighted by molar-refractivity contribution is 7.98. The van der Waals surface area contributed by atoms with E-state index in [0.29, 0.717) is 0 Å². The van der Waals surface area contributed by atoms with Gasteiger partial charge in [0.2, 0.25) is 0 Å². The summed E-state index contributed by atoms with van der Waals surface area (Å²) in [6, 6.07) is 4.29. The first kappa shape index (κ1) is 11.2. The van der Waals surface area contributed by atoms with Crippen molar-refractivity contribution in [3.05, 3.63) is 23.8 Å². The molecular formula is C9H9F3OS. The second kappa shape index (κ2) is 4.13. The molecule has 78 valence electrons. The SMILES string of the molecule is CSc1cc(OC(F)(F)F)ccc1C. The molecule has 1 aromatic carbocycles. The lowest BCUT2D eigenvalue weighted by Gasteiger charge is -2.10. The van der Waals surface area contributed by atoms with Gasteiger partial charge in [-0.1, -0.05) is 6.07 Å². The Morgan fingerprint density at radius 3 is 2.43 bits per heavy atom. The van der Waals surface area contributed by atoms with Gasteiger partial charge >= 0.3 is 6.36 Å². The van der Waals surface area contributed by atoms with E-state index in [0.717, 1.165) is 10.5 Å². The molecule has 0 heterocycles. The Morgan fingerprint density at radius 2 is 1.93 bits per heavy atom. The summed E-state index contributed by atoms with van der Waals surface area (Å²) in [5.74, 6) is -0.174. The second-order valence-corrected chi connectivity index (χ2v) is 3.53. The quantitative estimate of drug-likeness (QED) is 0.707.